The first kappa shape index (κ1) is 13.2. The van der Waals surface area contributed by atoms with Crippen LogP contribution in [0.15, 0.2) is 18.2 Å². The number of nitrogens with zero attached hydrogens (tertiary/aromatic N) is 1. The Morgan fingerprint density at radius 2 is 2.06 bits per heavy atom. The van der Waals surface area contributed by atoms with E-state index in [0.717, 1.165) is 16.3 Å². The molecule has 18 heavy (non-hydrogen) atoms. The smallest absolute Gasteiger partial charge is 0.126 e. The summed E-state index contributed by atoms with van der Waals surface area (Å²) in [5.41, 5.74) is 2.68. The predicted molar refractivity (Wildman–Crippen MR) is 74.5 cm³/mol. The maximum absolute atomic E-state index is 13.3. The molecule has 0 amide bonds. The number of hydrogen-bond donors (Lipinski definition) is 1. The summed E-state index contributed by atoms with van der Waals surface area (Å²) in [4.78, 5) is 5.81. The first-order valence-electron chi connectivity index (χ1n) is 5.94. The molecule has 1 unspecified atom stereocenters. The van der Waals surface area contributed by atoms with Crippen molar-refractivity contribution in [2.45, 2.75) is 26.8 Å². The molecule has 0 saturated carbocycles. The maximum atomic E-state index is 13.3. The molecule has 0 aliphatic heterocycles. The van der Waals surface area contributed by atoms with Gasteiger partial charge in [-0.1, -0.05) is 0 Å². The fourth-order valence-corrected chi connectivity index (χ4v) is 2.97. The van der Waals surface area contributed by atoms with Crippen molar-refractivity contribution in [1.29, 1.82) is 0 Å². The summed E-state index contributed by atoms with van der Waals surface area (Å²) in [5, 5.41) is 4.17. The van der Waals surface area contributed by atoms with Gasteiger partial charge in [-0.25, -0.2) is 9.37 Å². The fraction of sp³-hybridized carbons (Fsp3) is 0.357. The highest BCUT2D eigenvalue weighted by Gasteiger charge is 2.14. The minimum absolute atomic E-state index is 0.171. The molecule has 0 saturated heterocycles. The van der Waals surface area contributed by atoms with Crippen molar-refractivity contribution < 1.29 is 4.39 Å². The van der Waals surface area contributed by atoms with Gasteiger partial charge in [0, 0.05) is 16.5 Å². The quantitative estimate of drug-likeness (QED) is 0.911. The van der Waals surface area contributed by atoms with E-state index in [-0.39, 0.29) is 11.9 Å². The number of nitrogens with one attached hydrogen (secondary N) is 1. The van der Waals surface area contributed by atoms with E-state index in [9.17, 15) is 4.39 Å². The van der Waals surface area contributed by atoms with Crippen LogP contribution in [0.4, 0.5) is 4.39 Å². The third kappa shape index (κ3) is 2.44. The summed E-state index contributed by atoms with van der Waals surface area (Å²) in [7, 11) is 1.94. The Bertz CT molecular complexity index is 563. The summed E-state index contributed by atoms with van der Waals surface area (Å²) < 4.78 is 13.3. The van der Waals surface area contributed by atoms with Crippen LogP contribution in [0.3, 0.4) is 0 Å². The zero-order valence-electron chi connectivity index (χ0n) is 11.0. The van der Waals surface area contributed by atoms with Crippen LogP contribution in [0, 0.1) is 19.7 Å². The van der Waals surface area contributed by atoms with Gasteiger partial charge in [0.2, 0.25) is 0 Å². The summed E-state index contributed by atoms with van der Waals surface area (Å²) in [6.45, 7) is 5.90. The number of rotatable bonds is 3. The van der Waals surface area contributed by atoms with Crippen LogP contribution in [0.5, 0.6) is 0 Å². The lowest BCUT2D eigenvalue weighted by atomic mass is 10.1. The molecule has 1 aromatic carbocycles. The Balaban J connectivity index is 2.42. The van der Waals surface area contributed by atoms with Crippen molar-refractivity contribution in [1.82, 2.24) is 10.3 Å². The van der Waals surface area contributed by atoms with Gasteiger partial charge >= 0.3 is 0 Å². The molecule has 1 atom stereocenters. The van der Waals surface area contributed by atoms with Crippen molar-refractivity contribution in [2.75, 3.05) is 7.05 Å². The highest BCUT2D eigenvalue weighted by atomic mass is 32.1. The number of benzene rings is 1. The number of aryl methyl sites for hydroxylation is 2. The van der Waals surface area contributed by atoms with E-state index in [1.807, 2.05) is 20.0 Å². The number of hydrogen-bond acceptors (Lipinski definition) is 3. The molecule has 1 heterocycles. The van der Waals surface area contributed by atoms with Crippen LogP contribution < -0.4 is 5.32 Å². The zero-order chi connectivity index (χ0) is 13.3. The van der Waals surface area contributed by atoms with Gasteiger partial charge in [-0.15, -0.1) is 11.3 Å². The minimum atomic E-state index is -0.171. The first-order chi connectivity index (χ1) is 8.52. The van der Waals surface area contributed by atoms with Crippen molar-refractivity contribution in [3.05, 3.63) is 40.2 Å². The monoisotopic (exact) mass is 264 g/mol. The largest absolute Gasteiger partial charge is 0.312 e. The van der Waals surface area contributed by atoms with Crippen molar-refractivity contribution >= 4 is 11.3 Å². The molecule has 0 radical (unpaired) electrons. The Morgan fingerprint density at radius 3 is 2.67 bits per heavy atom. The average Bonchev–Trinajstić information content (AvgIpc) is 2.74. The van der Waals surface area contributed by atoms with Crippen molar-refractivity contribution in [2.24, 2.45) is 0 Å². The second-order valence-electron chi connectivity index (χ2n) is 4.44. The van der Waals surface area contributed by atoms with E-state index < -0.39 is 0 Å². The molecule has 0 fully saturated rings. The minimum Gasteiger partial charge on any atom is -0.312 e. The number of halogens is 1. The normalized spacial score (nSPS) is 12.7. The average molecular weight is 264 g/mol. The summed E-state index contributed by atoms with van der Waals surface area (Å²) in [6.07, 6.45) is 0. The lowest BCUT2D eigenvalue weighted by molar-refractivity contribution is 0.619. The standard InChI is InChI=1S/C14H17FN2S/c1-8-7-11(5-6-12(8)15)14-17-10(3)13(18-14)9(2)16-4/h5-7,9,16H,1-4H3. The highest BCUT2D eigenvalue weighted by molar-refractivity contribution is 7.15. The summed E-state index contributed by atoms with van der Waals surface area (Å²) in [6, 6.07) is 5.43. The van der Waals surface area contributed by atoms with E-state index >= 15 is 0 Å². The molecule has 2 nitrogen and oxygen atoms in total. The van der Waals surface area contributed by atoms with Gasteiger partial charge in [-0.05, 0) is 51.6 Å². The van der Waals surface area contributed by atoms with E-state index in [2.05, 4.69) is 17.2 Å². The van der Waals surface area contributed by atoms with Gasteiger partial charge < -0.3 is 5.32 Å². The molecular formula is C14H17FN2S. The van der Waals surface area contributed by atoms with Gasteiger partial charge in [0.05, 0.1) is 5.69 Å². The SMILES string of the molecule is CNC(C)c1sc(-c2ccc(F)c(C)c2)nc1C. The molecule has 4 heteroatoms. The van der Waals surface area contributed by atoms with Crippen LogP contribution in [-0.4, -0.2) is 12.0 Å². The maximum Gasteiger partial charge on any atom is 0.126 e. The second kappa shape index (κ2) is 5.16. The molecule has 96 valence electrons. The van der Waals surface area contributed by atoms with Gasteiger partial charge in [-0.3, -0.25) is 0 Å². The lowest BCUT2D eigenvalue weighted by Gasteiger charge is -2.07. The van der Waals surface area contributed by atoms with Crippen LogP contribution in [0.25, 0.3) is 10.6 Å². The molecule has 0 aliphatic carbocycles. The Morgan fingerprint density at radius 1 is 1.33 bits per heavy atom. The van der Waals surface area contributed by atoms with Crippen molar-refractivity contribution in [3.63, 3.8) is 0 Å². The third-order valence-corrected chi connectivity index (χ3v) is 4.45. The molecular weight excluding hydrogens is 247 g/mol. The Labute approximate surface area is 111 Å². The fourth-order valence-electron chi connectivity index (χ4n) is 1.84. The molecule has 2 aromatic rings. The van der Waals surface area contributed by atoms with Gasteiger partial charge in [0.1, 0.15) is 10.8 Å². The van der Waals surface area contributed by atoms with Crippen LogP contribution in [0.2, 0.25) is 0 Å². The van der Waals surface area contributed by atoms with E-state index in [0.29, 0.717) is 5.56 Å². The summed E-state index contributed by atoms with van der Waals surface area (Å²) >= 11 is 1.66. The molecule has 2 rings (SSSR count). The van der Waals surface area contributed by atoms with E-state index in [4.69, 9.17) is 0 Å². The second-order valence-corrected chi connectivity index (χ2v) is 5.47. The molecule has 1 N–H and O–H groups in total. The van der Waals surface area contributed by atoms with Gasteiger partial charge in [0.15, 0.2) is 0 Å². The number of aromatic nitrogens is 1. The highest BCUT2D eigenvalue weighted by Crippen LogP contribution is 2.32. The Kier molecular flexibility index (Phi) is 3.78. The molecule has 0 aliphatic rings. The van der Waals surface area contributed by atoms with Gasteiger partial charge in [-0.2, -0.15) is 0 Å². The van der Waals surface area contributed by atoms with E-state index in [1.165, 1.54) is 10.9 Å². The van der Waals surface area contributed by atoms with Crippen LogP contribution in [0.1, 0.15) is 29.1 Å². The van der Waals surface area contributed by atoms with Crippen molar-refractivity contribution in [3.8, 4) is 10.6 Å². The van der Waals surface area contributed by atoms with E-state index in [1.54, 1.807) is 24.3 Å². The topological polar surface area (TPSA) is 24.9 Å². The van der Waals surface area contributed by atoms with Crippen LogP contribution >= 0.6 is 11.3 Å². The first-order valence-corrected chi connectivity index (χ1v) is 6.75. The van der Waals surface area contributed by atoms with Crippen LogP contribution in [-0.2, 0) is 0 Å². The third-order valence-electron chi connectivity index (χ3n) is 3.06. The summed E-state index contributed by atoms with van der Waals surface area (Å²) in [5.74, 6) is -0.171. The molecule has 0 spiro atoms. The molecule has 0 bridgehead atoms. The predicted octanol–water partition coefficient (Wildman–Crippen LogP) is 3.85. The zero-order valence-corrected chi connectivity index (χ0v) is 11.9. The number of thiazole rings is 1. The Hall–Kier alpha value is -1.26. The van der Waals surface area contributed by atoms with Gasteiger partial charge in [0.25, 0.3) is 0 Å². The molecule has 1 aromatic heterocycles. The lowest BCUT2D eigenvalue weighted by Crippen LogP contribution is -2.11.